The summed E-state index contributed by atoms with van der Waals surface area (Å²) in [6.07, 6.45) is 2.43. The summed E-state index contributed by atoms with van der Waals surface area (Å²) in [5.41, 5.74) is 0.887. The molecule has 0 N–H and O–H groups in total. The van der Waals surface area contributed by atoms with E-state index < -0.39 is 11.8 Å². The topological polar surface area (TPSA) is 57.1 Å². The van der Waals surface area contributed by atoms with Crippen LogP contribution in [0.3, 0.4) is 0 Å². The zero-order chi connectivity index (χ0) is 20.1. The van der Waals surface area contributed by atoms with E-state index in [1.165, 1.54) is 12.1 Å². The fraction of sp³-hybridized carbons (Fsp3) is 0.238. The van der Waals surface area contributed by atoms with Gasteiger partial charge in [-0.05, 0) is 65.2 Å². The van der Waals surface area contributed by atoms with Crippen molar-refractivity contribution in [1.29, 1.82) is 0 Å². The molecule has 1 aliphatic rings. The van der Waals surface area contributed by atoms with Crippen molar-refractivity contribution in [3.8, 4) is 11.5 Å². The number of carbonyl (C=O) groups excluding carboxylic acids is 1. The Hall–Kier alpha value is -2.67. The Morgan fingerprint density at radius 3 is 2.71 bits per heavy atom. The van der Waals surface area contributed by atoms with Gasteiger partial charge in [-0.25, -0.2) is 14.2 Å². The maximum Gasteiger partial charge on any atom is 0.363 e. The minimum absolute atomic E-state index is 0.0543. The van der Waals surface area contributed by atoms with Gasteiger partial charge >= 0.3 is 5.97 Å². The number of hydrogen-bond acceptors (Lipinski definition) is 5. The number of benzene rings is 2. The molecule has 5 nitrogen and oxygen atoms in total. The summed E-state index contributed by atoms with van der Waals surface area (Å²) >= 11 is 3.48. The first-order valence-electron chi connectivity index (χ1n) is 8.90. The minimum atomic E-state index is -0.640. The van der Waals surface area contributed by atoms with Crippen molar-refractivity contribution in [2.75, 3.05) is 13.2 Å². The Kier molecular flexibility index (Phi) is 6.46. The molecule has 1 heterocycles. The summed E-state index contributed by atoms with van der Waals surface area (Å²) in [4.78, 5) is 16.3. The zero-order valence-electron chi connectivity index (χ0n) is 15.5. The second-order valence-corrected chi connectivity index (χ2v) is 6.78. The fourth-order valence-corrected chi connectivity index (χ4v) is 3.17. The van der Waals surface area contributed by atoms with Crippen LogP contribution in [0.15, 0.2) is 51.6 Å². The van der Waals surface area contributed by atoms with E-state index in [9.17, 15) is 9.18 Å². The van der Waals surface area contributed by atoms with Crippen molar-refractivity contribution in [3.63, 3.8) is 0 Å². The van der Waals surface area contributed by atoms with E-state index in [0.717, 1.165) is 6.42 Å². The molecule has 0 spiro atoms. The summed E-state index contributed by atoms with van der Waals surface area (Å²) in [6.45, 7) is 4.92. The highest BCUT2D eigenvalue weighted by Gasteiger charge is 2.26. The van der Waals surface area contributed by atoms with E-state index in [-0.39, 0.29) is 17.2 Å². The second kappa shape index (κ2) is 9.01. The molecule has 0 radical (unpaired) electrons. The van der Waals surface area contributed by atoms with Crippen LogP contribution < -0.4 is 9.47 Å². The lowest BCUT2D eigenvalue weighted by molar-refractivity contribution is -0.129. The van der Waals surface area contributed by atoms with E-state index in [2.05, 4.69) is 20.9 Å². The van der Waals surface area contributed by atoms with Crippen LogP contribution in [0.5, 0.6) is 11.5 Å². The van der Waals surface area contributed by atoms with Gasteiger partial charge in [0.2, 0.25) is 5.90 Å². The lowest BCUT2D eigenvalue weighted by Gasteiger charge is -2.14. The Balaban J connectivity index is 1.96. The zero-order valence-corrected chi connectivity index (χ0v) is 17.1. The van der Waals surface area contributed by atoms with E-state index in [1.807, 2.05) is 13.8 Å². The Bertz CT molecular complexity index is 955. The highest BCUT2D eigenvalue weighted by Crippen LogP contribution is 2.38. The predicted octanol–water partition coefficient (Wildman–Crippen LogP) is 5.12. The average molecular weight is 448 g/mol. The molecule has 3 rings (SSSR count). The highest BCUT2D eigenvalue weighted by molar-refractivity contribution is 9.10. The number of esters is 1. The summed E-state index contributed by atoms with van der Waals surface area (Å²) in [5.74, 6) is -0.0358. The van der Waals surface area contributed by atoms with E-state index >= 15 is 0 Å². The molecule has 0 unspecified atom stereocenters. The molecular formula is C21H19BrFNO4. The maximum atomic E-state index is 13.9. The quantitative estimate of drug-likeness (QED) is 0.436. The van der Waals surface area contributed by atoms with Crippen molar-refractivity contribution in [1.82, 2.24) is 0 Å². The van der Waals surface area contributed by atoms with Crippen LogP contribution in [-0.2, 0) is 9.53 Å². The summed E-state index contributed by atoms with van der Waals surface area (Å²) in [7, 11) is 0. The number of cyclic esters (lactones) is 1. The number of halogens is 2. The Morgan fingerprint density at radius 2 is 2.00 bits per heavy atom. The molecule has 0 saturated heterocycles. The number of ether oxygens (including phenoxy) is 3. The van der Waals surface area contributed by atoms with Gasteiger partial charge in [0.15, 0.2) is 17.2 Å². The molecule has 0 amide bonds. The van der Waals surface area contributed by atoms with Crippen LogP contribution in [0.25, 0.3) is 6.08 Å². The molecule has 28 heavy (non-hydrogen) atoms. The summed E-state index contributed by atoms with van der Waals surface area (Å²) in [6, 6.07) is 9.56. The van der Waals surface area contributed by atoms with Crippen molar-refractivity contribution >= 4 is 33.9 Å². The van der Waals surface area contributed by atoms with Crippen LogP contribution in [0.2, 0.25) is 0 Å². The third kappa shape index (κ3) is 4.42. The van der Waals surface area contributed by atoms with Gasteiger partial charge in [0.1, 0.15) is 5.82 Å². The van der Waals surface area contributed by atoms with Crippen molar-refractivity contribution in [2.24, 2.45) is 4.99 Å². The van der Waals surface area contributed by atoms with Gasteiger partial charge < -0.3 is 14.2 Å². The van der Waals surface area contributed by atoms with Crippen LogP contribution in [0.4, 0.5) is 4.39 Å². The third-order valence-corrected chi connectivity index (χ3v) is 4.40. The number of carbonyl (C=O) groups is 1. The summed E-state index contributed by atoms with van der Waals surface area (Å²) < 4.78 is 31.2. The fourth-order valence-electron chi connectivity index (χ4n) is 2.60. The molecule has 0 fully saturated rings. The largest absolute Gasteiger partial charge is 0.490 e. The van der Waals surface area contributed by atoms with Gasteiger partial charge in [-0.15, -0.1) is 0 Å². The second-order valence-electron chi connectivity index (χ2n) is 5.93. The van der Waals surface area contributed by atoms with Gasteiger partial charge in [0, 0.05) is 0 Å². The van der Waals surface area contributed by atoms with E-state index in [4.69, 9.17) is 14.2 Å². The first kappa shape index (κ1) is 20.1. The Labute approximate surface area is 171 Å². The predicted molar refractivity (Wildman–Crippen MR) is 108 cm³/mol. The monoisotopic (exact) mass is 447 g/mol. The standard InChI is InChI=1S/C21H19BrFNO4/c1-3-9-27-19-15(22)10-13(12-18(19)26-4-2)11-17-21(25)28-20(24-17)14-7-5-6-8-16(14)23/h5-8,10-12H,3-4,9H2,1-2H3. The smallest absolute Gasteiger partial charge is 0.363 e. The normalized spacial score (nSPS) is 14.8. The van der Waals surface area contributed by atoms with Crippen LogP contribution in [0.1, 0.15) is 31.4 Å². The van der Waals surface area contributed by atoms with Gasteiger partial charge in [-0.3, -0.25) is 0 Å². The van der Waals surface area contributed by atoms with E-state index in [1.54, 1.807) is 30.3 Å². The molecule has 0 aromatic heterocycles. The van der Waals surface area contributed by atoms with Crippen molar-refractivity contribution in [2.45, 2.75) is 20.3 Å². The van der Waals surface area contributed by atoms with Crippen molar-refractivity contribution < 1.29 is 23.4 Å². The third-order valence-electron chi connectivity index (χ3n) is 3.81. The maximum absolute atomic E-state index is 13.9. The number of hydrogen-bond donors (Lipinski definition) is 0. The molecule has 0 saturated carbocycles. The molecular weight excluding hydrogens is 429 g/mol. The molecule has 0 atom stereocenters. The lowest BCUT2D eigenvalue weighted by atomic mass is 10.1. The first-order valence-corrected chi connectivity index (χ1v) is 9.69. The van der Waals surface area contributed by atoms with Gasteiger partial charge in [0.05, 0.1) is 23.2 Å². The van der Waals surface area contributed by atoms with Crippen molar-refractivity contribution in [3.05, 3.63) is 63.5 Å². The highest BCUT2D eigenvalue weighted by atomic mass is 79.9. The lowest BCUT2D eigenvalue weighted by Crippen LogP contribution is -2.07. The molecule has 0 aliphatic carbocycles. The number of rotatable bonds is 7. The van der Waals surface area contributed by atoms with Gasteiger partial charge in [-0.2, -0.15) is 0 Å². The van der Waals surface area contributed by atoms with E-state index in [0.29, 0.717) is 34.7 Å². The SMILES string of the molecule is CCCOc1c(Br)cc(C=C2N=C(c3ccccc3F)OC2=O)cc1OCC. The number of nitrogens with zero attached hydrogens (tertiary/aromatic N) is 1. The van der Waals surface area contributed by atoms with Gasteiger partial charge in [0.25, 0.3) is 0 Å². The Morgan fingerprint density at radius 1 is 1.21 bits per heavy atom. The molecule has 2 aromatic carbocycles. The van der Waals surface area contributed by atoms with Crippen LogP contribution >= 0.6 is 15.9 Å². The number of aliphatic imine (C=N–C) groups is 1. The molecule has 7 heteroatoms. The van der Waals surface area contributed by atoms with Crippen LogP contribution in [-0.4, -0.2) is 25.1 Å². The average Bonchev–Trinajstić information content (AvgIpc) is 3.02. The van der Waals surface area contributed by atoms with Gasteiger partial charge in [-0.1, -0.05) is 19.1 Å². The van der Waals surface area contributed by atoms with Crippen LogP contribution in [0, 0.1) is 5.82 Å². The molecule has 2 aromatic rings. The molecule has 0 bridgehead atoms. The minimum Gasteiger partial charge on any atom is -0.490 e. The summed E-state index contributed by atoms with van der Waals surface area (Å²) in [5, 5.41) is 0. The molecule has 1 aliphatic heterocycles. The molecule has 146 valence electrons. The first-order chi connectivity index (χ1) is 13.5.